The number of nitrogens with zero attached hydrogens (tertiary/aromatic N) is 1. The molecule has 1 N–H and O–H groups in total. The summed E-state index contributed by atoms with van der Waals surface area (Å²) in [6.07, 6.45) is -0.987. The molecule has 6 heteroatoms. The molecule has 0 bridgehead atoms. The van der Waals surface area contributed by atoms with Gasteiger partial charge in [-0.1, -0.05) is 6.92 Å². The molecule has 0 saturated heterocycles. The van der Waals surface area contributed by atoms with Crippen molar-refractivity contribution in [1.29, 1.82) is 0 Å². The molecule has 0 radical (unpaired) electrons. The van der Waals surface area contributed by atoms with Crippen LogP contribution in [-0.4, -0.2) is 30.9 Å². The van der Waals surface area contributed by atoms with E-state index in [1.165, 1.54) is 0 Å². The third-order valence-electron chi connectivity index (χ3n) is 2.46. The number of pyridine rings is 1. The number of nitrogens with one attached hydrogen (secondary N) is 1. The highest BCUT2D eigenvalue weighted by atomic mass is 19.4. The molecule has 0 aromatic carbocycles. The average Bonchev–Trinajstić information content (AvgIpc) is 2.27. The summed E-state index contributed by atoms with van der Waals surface area (Å²) < 4.78 is 40.8. The SMILES string of the molecule is CCNC(COCC(F)(F)F)c1cnccc1C. The molecule has 1 unspecified atom stereocenters. The fraction of sp³-hybridized carbons (Fsp3) is 0.583. The van der Waals surface area contributed by atoms with Crippen LogP contribution in [-0.2, 0) is 4.74 Å². The van der Waals surface area contributed by atoms with Crippen molar-refractivity contribution in [2.75, 3.05) is 19.8 Å². The Morgan fingerprint density at radius 2 is 2.17 bits per heavy atom. The van der Waals surface area contributed by atoms with E-state index in [-0.39, 0.29) is 12.6 Å². The topological polar surface area (TPSA) is 34.1 Å². The Labute approximate surface area is 104 Å². The first-order valence-corrected chi connectivity index (χ1v) is 5.72. The molecule has 1 atom stereocenters. The first kappa shape index (κ1) is 14.9. The van der Waals surface area contributed by atoms with Gasteiger partial charge in [0, 0.05) is 12.4 Å². The van der Waals surface area contributed by atoms with Gasteiger partial charge in [0.05, 0.1) is 12.6 Å². The van der Waals surface area contributed by atoms with Crippen molar-refractivity contribution in [2.45, 2.75) is 26.1 Å². The Kier molecular flexibility index (Phi) is 5.55. The number of rotatable bonds is 6. The maximum absolute atomic E-state index is 12.0. The molecule has 0 aliphatic heterocycles. The number of aromatic nitrogens is 1. The van der Waals surface area contributed by atoms with E-state index < -0.39 is 12.8 Å². The summed E-state index contributed by atoms with van der Waals surface area (Å²) in [6, 6.07) is 1.55. The summed E-state index contributed by atoms with van der Waals surface area (Å²) in [5.41, 5.74) is 1.84. The predicted molar refractivity (Wildman–Crippen MR) is 62.3 cm³/mol. The Bertz CT molecular complexity index is 369. The van der Waals surface area contributed by atoms with Crippen LogP contribution in [0.4, 0.5) is 13.2 Å². The van der Waals surface area contributed by atoms with Crippen molar-refractivity contribution in [3.8, 4) is 0 Å². The number of hydrogen-bond acceptors (Lipinski definition) is 3. The Morgan fingerprint density at radius 3 is 2.72 bits per heavy atom. The van der Waals surface area contributed by atoms with Crippen LogP contribution in [0.2, 0.25) is 0 Å². The zero-order valence-corrected chi connectivity index (χ0v) is 10.4. The number of hydrogen-bond donors (Lipinski definition) is 1. The normalized spacial score (nSPS) is 13.6. The number of alkyl halides is 3. The first-order chi connectivity index (χ1) is 8.44. The van der Waals surface area contributed by atoms with E-state index in [0.717, 1.165) is 11.1 Å². The molecule has 0 amide bonds. The minimum atomic E-state index is -4.29. The lowest BCUT2D eigenvalue weighted by atomic mass is 10.0. The van der Waals surface area contributed by atoms with Crippen molar-refractivity contribution in [2.24, 2.45) is 0 Å². The second-order valence-electron chi connectivity index (χ2n) is 3.97. The Balaban J connectivity index is 2.63. The second kappa shape index (κ2) is 6.70. The molecule has 0 saturated carbocycles. The highest BCUT2D eigenvalue weighted by molar-refractivity contribution is 5.25. The minimum absolute atomic E-state index is 0.0279. The quantitative estimate of drug-likeness (QED) is 0.855. The van der Waals surface area contributed by atoms with E-state index in [2.05, 4.69) is 10.3 Å². The van der Waals surface area contributed by atoms with E-state index >= 15 is 0 Å². The van der Waals surface area contributed by atoms with Crippen molar-refractivity contribution >= 4 is 0 Å². The fourth-order valence-corrected chi connectivity index (χ4v) is 1.64. The largest absolute Gasteiger partial charge is 0.411 e. The predicted octanol–water partition coefficient (Wildman–Crippen LogP) is 2.62. The highest BCUT2D eigenvalue weighted by Crippen LogP contribution is 2.19. The zero-order chi connectivity index (χ0) is 13.6. The standard InChI is InChI=1S/C12H17F3N2O/c1-3-17-11(7-18-8-12(13,14)15)10-6-16-5-4-9(10)2/h4-6,11,17H,3,7-8H2,1-2H3. The maximum atomic E-state index is 12.0. The monoisotopic (exact) mass is 262 g/mol. The lowest BCUT2D eigenvalue weighted by molar-refractivity contribution is -0.175. The number of halogens is 3. The van der Waals surface area contributed by atoms with Crippen LogP contribution < -0.4 is 5.32 Å². The van der Waals surface area contributed by atoms with Crippen LogP contribution in [0.15, 0.2) is 18.5 Å². The molecular formula is C12H17F3N2O. The minimum Gasteiger partial charge on any atom is -0.370 e. The van der Waals surface area contributed by atoms with Crippen LogP contribution in [0, 0.1) is 6.92 Å². The molecule has 18 heavy (non-hydrogen) atoms. The van der Waals surface area contributed by atoms with Gasteiger partial charge >= 0.3 is 6.18 Å². The second-order valence-corrected chi connectivity index (χ2v) is 3.97. The Morgan fingerprint density at radius 1 is 1.44 bits per heavy atom. The average molecular weight is 262 g/mol. The van der Waals surface area contributed by atoms with Gasteiger partial charge in [-0.25, -0.2) is 0 Å². The van der Waals surface area contributed by atoms with Gasteiger partial charge in [0.1, 0.15) is 6.61 Å². The van der Waals surface area contributed by atoms with E-state index in [0.29, 0.717) is 6.54 Å². The highest BCUT2D eigenvalue weighted by Gasteiger charge is 2.28. The van der Waals surface area contributed by atoms with Crippen LogP contribution in [0.25, 0.3) is 0 Å². The van der Waals surface area contributed by atoms with E-state index in [1.54, 1.807) is 12.4 Å². The lowest BCUT2D eigenvalue weighted by Crippen LogP contribution is -2.28. The summed E-state index contributed by atoms with van der Waals surface area (Å²) in [5.74, 6) is 0. The molecule has 0 fully saturated rings. The summed E-state index contributed by atoms with van der Waals surface area (Å²) >= 11 is 0. The van der Waals surface area contributed by atoms with Gasteiger partial charge in [-0.15, -0.1) is 0 Å². The smallest absolute Gasteiger partial charge is 0.370 e. The summed E-state index contributed by atoms with van der Waals surface area (Å²) in [5, 5.41) is 3.09. The van der Waals surface area contributed by atoms with Crippen LogP contribution >= 0.6 is 0 Å². The van der Waals surface area contributed by atoms with Gasteiger partial charge in [-0.3, -0.25) is 4.98 Å². The molecule has 1 aromatic heterocycles. The van der Waals surface area contributed by atoms with Gasteiger partial charge < -0.3 is 10.1 Å². The van der Waals surface area contributed by atoms with Crippen LogP contribution in [0.1, 0.15) is 24.1 Å². The fourth-order valence-electron chi connectivity index (χ4n) is 1.64. The van der Waals surface area contributed by atoms with Crippen molar-refractivity contribution < 1.29 is 17.9 Å². The van der Waals surface area contributed by atoms with Gasteiger partial charge in [0.2, 0.25) is 0 Å². The molecule has 0 aliphatic carbocycles. The lowest BCUT2D eigenvalue weighted by Gasteiger charge is -2.20. The third kappa shape index (κ3) is 5.01. The third-order valence-corrected chi connectivity index (χ3v) is 2.46. The molecular weight excluding hydrogens is 245 g/mol. The summed E-state index contributed by atoms with van der Waals surface area (Å²) in [7, 11) is 0. The summed E-state index contributed by atoms with van der Waals surface area (Å²) in [4.78, 5) is 3.99. The van der Waals surface area contributed by atoms with Crippen LogP contribution in [0.3, 0.4) is 0 Å². The first-order valence-electron chi connectivity index (χ1n) is 5.72. The molecule has 3 nitrogen and oxygen atoms in total. The number of aryl methyl sites for hydroxylation is 1. The molecule has 1 rings (SSSR count). The van der Waals surface area contributed by atoms with Gasteiger partial charge in [0.25, 0.3) is 0 Å². The van der Waals surface area contributed by atoms with Crippen LogP contribution in [0.5, 0.6) is 0 Å². The van der Waals surface area contributed by atoms with E-state index in [9.17, 15) is 13.2 Å². The zero-order valence-electron chi connectivity index (χ0n) is 10.4. The van der Waals surface area contributed by atoms with Gasteiger partial charge in [0.15, 0.2) is 0 Å². The molecule has 0 spiro atoms. The van der Waals surface area contributed by atoms with E-state index in [1.807, 2.05) is 19.9 Å². The number of ether oxygens (including phenoxy) is 1. The molecule has 1 aromatic rings. The summed E-state index contributed by atoms with van der Waals surface area (Å²) in [6.45, 7) is 3.18. The molecule has 102 valence electrons. The van der Waals surface area contributed by atoms with Gasteiger partial charge in [-0.2, -0.15) is 13.2 Å². The molecule has 1 heterocycles. The molecule has 0 aliphatic rings. The number of likely N-dealkylation sites (N-methyl/N-ethyl adjacent to an activating group) is 1. The Hall–Kier alpha value is -1.14. The van der Waals surface area contributed by atoms with Crippen molar-refractivity contribution in [3.63, 3.8) is 0 Å². The van der Waals surface area contributed by atoms with Crippen molar-refractivity contribution in [1.82, 2.24) is 10.3 Å². The van der Waals surface area contributed by atoms with Gasteiger partial charge in [-0.05, 0) is 30.7 Å². The van der Waals surface area contributed by atoms with Crippen molar-refractivity contribution in [3.05, 3.63) is 29.6 Å². The van der Waals surface area contributed by atoms with E-state index in [4.69, 9.17) is 4.74 Å². The maximum Gasteiger partial charge on any atom is 0.411 e.